The highest BCUT2D eigenvalue weighted by molar-refractivity contribution is 8.00. The van der Waals surface area contributed by atoms with Crippen LogP contribution in [0, 0.1) is 5.82 Å². The van der Waals surface area contributed by atoms with Gasteiger partial charge in [0.2, 0.25) is 5.95 Å². The van der Waals surface area contributed by atoms with Crippen molar-refractivity contribution in [3.63, 3.8) is 0 Å². The first kappa shape index (κ1) is 21.6. The molecule has 0 spiro atoms. The fourth-order valence-electron chi connectivity index (χ4n) is 3.35. The van der Waals surface area contributed by atoms with Crippen molar-refractivity contribution in [1.82, 2.24) is 15.0 Å². The van der Waals surface area contributed by atoms with Gasteiger partial charge in [0, 0.05) is 30.2 Å². The third kappa shape index (κ3) is 6.18. The number of aromatic nitrogens is 3. The predicted octanol–water partition coefficient (Wildman–Crippen LogP) is 6.70. The fraction of sp³-hybridized carbons (Fsp3) is 0.261. The third-order valence-corrected chi connectivity index (χ3v) is 6.41. The minimum atomic E-state index is -0.441. The largest absolute Gasteiger partial charge is 0.351 e. The Balaban J connectivity index is 1.30. The van der Waals surface area contributed by atoms with E-state index in [9.17, 15) is 4.39 Å². The summed E-state index contributed by atoms with van der Waals surface area (Å²) in [6.45, 7) is 0. The molecule has 1 aliphatic rings. The molecular formula is C23H23ClFN5S. The number of nitrogens with one attached hydrogen (secondary N) is 2. The number of hydrogen-bond acceptors (Lipinski definition) is 6. The van der Waals surface area contributed by atoms with Crippen LogP contribution in [-0.2, 0) is 0 Å². The molecule has 2 aromatic heterocycles. The first-order chi connectivity index (χ1) is 15.2. The van der Waals surface area contributed by atoms with Crippen LogP contribution in [0.15, 0.2) is 53.8 Å². The second-order valence-corrected chi connectivity index (χ2v) is 8.61. The molecule has 1 fully saturated rings. The number of anilines is 2. The van der Waals surface area contributed by atoms with Gasteiger partial charge in [-0.25, -0.2) is 19.3 Å². The molecule has 31 heavy (non-hydrogen) atoms. The van der Waals surface area contributed by atoms with Crippen LogP contribution in [0.3, 0.4) is 0 Å². The molecule has 0 aliphatic heterocycles. The number of benzene rings is 1. The van der Waals surface area contributed by atoms with E-state index in [0.717, 1.165) is 11.1 Å². The van der Waals surface area contributed by atoms with E-state index in [-0.39, 0.29) is 5.02 Å². The molecule has 1 aliphatic carbocycles. The molecule has 0 atom stereocenters. The van der Waals surface area contributed by atoms with Crippen LogP contribution >= 0.6 is 23.5 Å². The number of halogens is 2. The molecule has 8 heteroatoms. The van der Waals surface area contributed by atoms with Gasteiger partial charge in [0.25, 0.3) is 0 Å². The number of nitrogens with zero attached hydrogens (tertiary/aromatic N) is 3. The second kappa shape index (κ2) is 10.6. The van der Waals surface area contributed by atoms with E-state index >= 15 is 0 Å². The summed E-state index contributed by atoms with van der Waals surface area (Å²) in [5.41, 5.74) is 1.87. The highest BCUT2D eigenvalue weighted by Crippen LogP contribution is 2.29. The van der Waals surface area contributed by atoms with Crippen molar-refractivity contribution in [3.05, 3.63) is 70.9 Å². The summed E-state index contributed by atoms with van der Waals surface area (Å²) >= 11 is 7.18. The maximum Gasteiger partial charge on any atom is 0.222 e. The molecule has 0 bridgehead atoms. The van der Waals surface area contributed by atoms with Crippen molar-refractivity contribution in [1.29, 1.82) is 0 Å². The molecule has 0 radical (unpaired) electrons. The number of hydrogen-bond donors (Lipinski definition) is 2. The smallest absolute Gasteiger partial charge is 0.222 e. The first-order valence-corrected chi connectivity index (χ1v) is 11.5. The lowest BCUT2D eigenvalue weighted by atomic mass is 9.96. The van der Waals surface area contributed by atoms with Gasteiger partial charge in [-0.15, -0.1) is 0 Å². The van der Waals surface area contributed by atoms with E-state index in [0.29, 0.717) is 22.7 Å². The van der Waals surface area contributed by atoms with Gasteiger partial charge in [-0.2, -0.15) is 0 Å². The van der Waals surface area contributed by atoms with Crippen molar-refractivity contribution >= 4 is 47.5 Å². The Morgan fingerprint density at radius 1 is 0.935 bits per heavy atom. The first-order valence-electron chi connectivity index (χ1n) is 10.3. The molecule has 0 unspecified atom stereocenters. The van der Waals surface area contributed by atoms with Crippen LogP contribution in [-0.4, -0.2) is 21.0 Å². The van der Waals surface area contributed by atoms with E-state index in [2.05, 4.69) is 25.0 Å². The minimum Gasteiger partial charge on any atom is -0.351 e. The van der Waals surface area contributed by atoms with Gasteiger partial charge in [0.05, 0.1) is 9.92 Å². The van der Waals surface area contributed by atoms with Crippen LogP contribution in [0.2, 0.25) is 5.02 Å². The SMILES string of the molecule is Fc1cccc(SNc2ccc(/C=C/c3cnc(NC4CCCCC4)nc3)cn2)c1Cl. The maximum absolute atomic E-state index is 13.5. The Bertz CT molecular complexity index is 1020. The molecule has 0 saturated heterocycles. The standard InChI is InChI=1S/C23H23ClFN5S/c24-22-19(25)7-4-8-20(22)31-30-21-12-11-16(13-26-21)9-10-17-14-27-23(28-15-17)29-18-5-2-1-3-6-18/h4,7-15,18H,1-3,5-6H2,(H,26,30)(H,27,28,29)/b10-9+. The summed E-state index contributed by atoms with van der Waals surface area (Å²) < 4.78 is 16.6. The normalized spacial score (nSPS) is 14.6. The van der Waals surface area contributed by atoms with E-state index in [1.807, 2.05) is 36.7 Å². The minimum absolute atomic E-state index is 0.0988. The van der Waals surface area contributed by atoms with Gasteiger partial charge in [-0.3, -0.25) is 0 Å². The van der Waals surface area contributed by atoms with E-state index in [1.165, 1.54) is 50.1 Å². The van der Waals surface area contributed by atoms with Gasteiger partial charge in [0.1, 0.15) is 11.6 Å². The Morgan fingerprint density at radius 2 is 1.68 bits per heavy atom. The summed E-state index contributed by atoms with van der Waals surface area (Å²) in [6.07, 6.45) is 15.6. The van der Waals surface area contributed by atoms with E-state index < -0.39 is 5.82 Å². The summed E-state index contributed by atoms with van der Waals surface area (Å²) in [7, 11) is 0. The summed E-state index contributed by atoms with van der Waals surface area (Å²) in [4.78, 5) is 13.8. The van der Waals surface area contributed by atoms with Crippen molar-refractivity contribution in [2.24, 2.45) is 0 Å². The average molecular weight is 456 g/mol. The van der Waals surface area contributed by atoms with Gasteiger partial charge in [0.15, 0.2) is 0 Å². The van der Waals surface area contributed by atoms with Crippen LogP contribution < -0.4 is 10.0 Å². The molecule has 5 nitrogen and oxygen atoms in total. The monoisotopic (exact) mass is 455 g/mol. The lowest BCUT2D eigenvalue weighted by Gasteiger charge is -2.22. The molecule has 1 aromatic carbocycles. The third-order valence-electron chi connectivity index (χ3n) is 5.05. The van der Waals surface area contributed by atoms with Crippen LogP contribution in [0.4, 0.5) is 16.2 Å². The molecule has 1 saturated carbocycles. The molecule has 2 heterocycles. The van der Waals surface area contributed by atoms with E-state index in [1.54, 1.807) is 18.3 Å². The quantitative estimate of drug-likeness (QED) is 0.386. The molecule has 160 valence electrons. The topological polar surface area (TPSA) is 62.7 Å². The summed E-state index contributed by atoms with van der Waals surface area (Å²) in [5.74, 6) is 0.907. The Hall–Kier alpha value is -2.64. The predicted molar refractivity (Wildman–Crippen MR) is 127 cm³/mol. The average Bonchev–Trinajstić information content (AvgIpc) is 2.81. The Labute approximate surface area is 190 Å². The zero-order chi connectivity index (χ0) is 21.5. The lowest BCUT2D eigenvalue weighted by Crippen LogP contribution is -2.23. The summed E-state index contributed by atoms with van der Waals surface area (Å²) in [6, 6.07) is 8.99. The van der Waals surface area contributed by atoms with Crippen LogP contribution in [0.5, 0.6) is 0 Å². The van der Waals surface area contributed by atoms with Crippen LogP contribution in [0.1, 0.15) is 43.2 Å². The van der Waals surface area contributed by atoms with Crippen LogP contribution in [0.25, 0.3) is 12.2 Å². The van der Waals surface area contributed by atoms with Gasteiger partial charge in [-0.1, -0.05) is 49.1 Å². The van der Waals surface area contributed by atoms with Gasteiger partial charge in [-0.05, 0) is 54.6 Å². The fourth-order valence-corrected chi connectivity index (χ4v) is 4.27. The van der Waals surface area contributed by atoms with Gasteiger partial charge < -0.3 is 10.0 Å². The molecular weight excluding hydrogens is 433 g/mol. The Morgan fingerprint density at radius 3 is 2.42 bits per heavy atom. The highest BCUT2D eigenvalue weighted by Gasteiger charge is 2.13. The lowest BCUT2D eigenvalue weighted by molar-refractivity contribution is 0.461. The Kier molecular flexibility index (Phi) is 7.38. The molecule has 2 N–H and O–H groups in total. The molecule has 3 aromatic rings. The van der Waals surface area contributed by atoms with Gasteiger partial charge >= 0.3 is 0 Å². The number of pyridine rings is 1. The van der Waals surface area contributed by atoms with Crippen molar-refractivity contribution in [2.75, 3.05) is 10.0 Å². The molecule has 0 amide bonds. The highest BCUT2D eigenvalue weighted by atomic mass is 35.5. The second-order valence-electron chi connectivity index (χ2n) is 7.39. The van der Waals surface area contributed by atoms with Crippen molar-refractivity contribution in [2.45, 2.75) is 43.0 Å². The van der Waals surface area contributed by atoms with Crippen molar-refractivity contribution in [3.8, 4) is 0 Å². The zero-order valence-electron chi connectivity index (χ0n) is 16.9. The summed E-state index contributed by atoms with van der Waals surface area (Å²) in [5, 5.41) is 3.52. The maximum atomic E-state index is 13.5. The zero-order valence-corrected chi connectivity index (χ0v) is 18.5. The number of rotatable bonds is 7. The van der Waals surface area contributed by atoms with E-state index in [4.69, 9.17) is 11.6 Å². The molecule has 4 rings (SSSR count). The van der Waals surface area contributed by atoms with Crippen molar-refractivity contribution < 1.29 is 4.39 Å².